The second-order valence-electron chi connectivity index (χ2n) is 6.66. The summed E-state index contributed by atoms with van der Waals surface area (Å²) in [5.74, 6) is -0.274. The monoisotopic (exact) mass is 296 g/mol. The molecule has 1 saturated carbocycles. The fraction of sp³-hybridized carbons (Fsp3) is 0.875. The summed E-state index contributed by atoms with van der Waals surface area (Å²) in [7, 11) is 1.89. The molecule has 3 atom stereocenters. The van der Waals surface area contributed by atoms with Gasteiger partial charge in [-0.05, 0) is 38.0 Å². The van der Waals surface area contributed by atoms with Crippen LogP contribution in [0.4, 0.5) is 4.79 Å². The highest BCUT2D eigenvalue weighted by Crippen LogP contribution is 2.29. The van der Waals surface area contributed by atoms with Crippen LogP contribution in [0.5, 0.6) is 0 Å². The topological polar surface area (TPSA) is 60.9 Å². The van der Waals surface area contributed by atoms with Gasteiger partial charge in [0.15, 0.2) is 0 Å². The van der Waals surface area contributed by atoms with Gasteiger partial charge in [0.2, 0.25) is 0 Å². The molecule has 0 radical (unpaired) electrons. The number of rotatable bonds is 3. The predicted molar refractivity (Wildman–Crippen MR) is 81.2 cm³/mol. The molecule has 21 heavy (non-hydrogen) atoms. The normalized spacial score (nSPS) is 30.0. The molecule has 2 fully saturated rings. The van der Waals surface area contributed by atoms with Crippen molar-refractivity contribution in [3.8, 4) is 0 Å². The van der Waals surface area contributed by atoms with Crippen molar-refractivity contribution in [2.45, 2.75) is 70.4 Å². The van der Waals surface area contributed by atoms with Crippen LogP contribution in [0, 0.1) is 5.92 Å². The first kappa shape index (κ1) is 16.1. The number of carboxylic acid groups (broad SMARTS) is 1. The van der Waals surface area contributed by atoms with E-state index in [1.165, 1.54) is 19.3 Å². The zero-order chi connectivity index (χ0) is 15.4. The van der Waals surface area contributed by atoms with Gasteiger partial charge in [0.25, 0.3) is 0 Å². The van der Waals surface area contributed by atoms with Crippen LogP contribution < -0.4 is 0 Å². The molecule has 1 aliphatic heterocycles. The first-order chi connectivity index (χ1) is 10.0. The maximum Gasteiger partial charge on any atom is 0.320 e. The van der Waals surface area contributed by atoms with Crippen LogP contribution in [0.2, 0.25) is 0 Å². The van der Waals surface area contributed by atoms with Gasteiger partial charge in [-0.1, -0.05) is 19.8 Å². The molecule has 2 aliphatic rings. The number of urea groups is 1. The molecule has 2 rings (SSSR count). The van der Waals surface area contributed by atoms with Gasteiger partial charge in [0.1, 0.15) is 0 Å². The van der Waals surface area contributed by atoms with E-state index in [1.807, 2.05) is 11.9 Å². The molecule has 0 aromatic rings. The van der Waals surface area contributed by atoms with Gasteiger partial charge >= 0.3 is 12.0 Å². The Hall–Kier alpha value is -1.26. The van der Waals surface area contributed by atoms with Crippen molar-refractivity contribution in [2.24, 2.45) is 5.92 Å². The zero-order valence-corrected chi connectivity index (χ0v) is 13.3. The number of carbonyl (C=O) groups is 2. The molecule has 0 bridgehead atoms. The van der Waals surface area contributed by atoms with Crippen LogP contribution >= 0.6 is 0 Å². The zero-order valence-electron chi connectivity index (χ0n) is 13.3. The van der Waals surface area contributed by atoms with Crippen molar-refractivity contribution in [1.82, 2.24) is 9.80 Å². The van der Waals surface area contributed by atoms with E-state index in [0.29, 0.717) is 18.5 Å². The van der Waals surface area contributed by atoms with Crippen molar-refractivity contribution in [2.75, 3.05) is 13.6 Å². The van der Waals surface area contributed by atoms with Gasteiger partial charge in [-0.25, -0.2) is 4.79 Å². The second-order valence-corrected chi connectivity index (χ2v) is 6.66. The quantitative estimate of drug-likeness (QED) is 0.871. The molecule has 120 valence electrons. The number of carboxylic acids is 1. The van der Waals surface area contributed by atoms with Gasteiger partial charge in [0, 0.05) is 25.7 Å². The predicted octanol–water partition coefficient (Wildman–Crippen LogP) is 2.95. The lowest BCUT2D eigenvalue weighted by Crippen LogP contribution is -2.54. The Morgan fingerprint density at radius 2 is 1.81 bits per heavy atom. The Bertz CT molecular complexity index is 386. The summed E-state index contributed by atoms with van der Waals surface area (Å²) in [5.41, 5.74) is 0. The van der Waals surface area contributed by atoms with Crippen molar-refractivity contribution in [1.29, 1.82) is 0 Å². The number of amides is 2. The Labute approximate surface area is 127 Å². The van der Waals surface area contributed by atoms with Crippen molar-refractivity contribution >= 4 is 12.0 Å². The molecule has 0 aromatic heterocycles. The maximum absolute atomic E-state index is 12.8. The number of piperidine rings is 1. The van der Waals surface area contributed by atoms with Crippen LogP contribution in [0.25, 0.3) is 0 Å². The molecule has 0 aromatic carbocycles. The largest absolute Gasteiger partial charge is 0.481 e. The third kappa shape index (κ3) is 3.89. The number of hydrogen-bond donors (Lipinski definition) is 1. The smallest absolute Gasteiger partial charge is 0.320 e. The molecule has 1 saturated heterocycles. The number of likely N-dealkylation sites (tertiary alicyclic amines) is 1. The highest BCUT2D eigenvalue weighted by Gasteiger charge is 2.34. The average Bonchev–Trinajstić information content (AvgIpc) is 2.46. The number of nitrogens with zero attached hydrogens (tertiary/aromatic N) is 2. The summed E-state index contributed by atoms with van der Waals surface area (Å²) in [6.07, 6.45) is 7.57. The lowest BCUT2D eigenvalue weighted by molar-refractivity contribution is -0.138. The molecule has 3 unspecified atom stereocenters. The van der Waals surface area contributed by atoms with Gasteiger partial charge in [-0.15, -0.1) is 0 Å². The summed E-state index contributed by atoms with van der Waals surface area (Å²) in [5, 5.41) is 9.04. The van der Waals surface area contributed by atoms with E-state index in [0.717, 1.165) is 25.7 Å². The molecule has 1 aliphatic carbocycles. The molecule has 5 heteroatoms. The van der Waals surface area contributed by atoms with E-state index in [1.54, 1.807) is 4.90 Å². The van der Waals surface area contributed by atoms with E-state index in [9.17, 15) is 9.59 Å². The molecular formula is C16H28N2O3. The number of hydrogen-bond acceptors (Lipinski definition) is 2. The van der Waals surface area contributed by atoms with Crippen molar-refractivity contribution in [3.05, 3.63) is 0 Å². The second kappa shape index (κ2) is 7.14. The first-order valence-electron chi connectivity index (χ1n) is 8.26. The van der Waals surface area contributed by atoms with E-state index in [2.05, 4.69) is 6.92 Å². The fourth-order valence-electron chi connectivity index (χ4n) is 3.88. The van der Waals surface area contributed by atoms with Crippen molar-refractivity contribution in [3.63, 3.8) is 0 Å². The third-order valence-electron chi connectivity index (χ3n) is 5.15. The Kier molecular flexibility index (Phi) is 5.48. The van der Waals surface area contributed by atoms with Gasteiger partial charge in [-0.3, -0.25) is 4.79 Å². The third-order valence-corrected chi connectivity index (χ3v) is 5.15. The molecule has 2 amide bonds. The molecular weight excluding hydrogens is 268 g/mol. The lowest BCUT2D eigenvalue weighted by atomic mass is 9.85. The Balaban J connectivity index is 2.03. The van der Waals surface area contributed by atoms with E-state index < -0.39 is 5.97 Å². The summed E-state index contributed by atoms with van der Waals surface area (Å²) >= 11 is 0. The van der Waals surface area contributed by atoms with E-state index in [4.69, 9.17) is 5.11 Å². The van der Waals surface area contributed by atoms with E-state index in [-0.39, 0.29) is 18.5 Å². The summed E-state index contributed by atoms with van der Waals surface area (Å²) in [4.78, 5) is 27.5. The summed E-state index contributed by atoms with van der Waals surface area (Å²) < 4.78 is 0. The minimum absolute atomic E-state index is 0.0275. The van der Waals surface area contributed by atoms with Crippen molar-refractivity contribution < 1.29 is 14.7 Å². The molecule has 0 spiro atoms. The molecule has 1 heterocycles. The van der Waals surface area contributed by atoms with E-state index >= 15 is 0 Å². The summed E-state index contributed by atoms with van der Waals surface area (Å²) in [6, 6.07) is 0.198. The standard InChI is InChI=1S/C16H28N2O3/c1-12-7-3-4-9-14(12)17(2)16(21)18-10-6-5-8-13(18)11-15(19)20/h12-14H,3-11H2,1-2H3,(H,19,20). The minimum atomic E-state index is -0.812. The minimum Gasteiger partial charge on any atom is -0.481 e. The highest BCUT2D eigenvalue weighted by atomic mass is 16.4. The molecule has 5 nitrogen and oxygen atoms in total. The van der Waals surface area contributed by atoms with Crippen LogP contribution in [-0.2, 0) is 4.79 Å². The van der Waals surface area contributed by atoms with Crippen LogP contribution in [0.3, 0.4) is 0 Å². The van der Waals surface area contributed by atoms with Gasteiger partial charge in [-0.2, -0.15) is 0 Å². The summed E-state index contributed by atoms with van der Waals surface area (Å²) in [6.45, 7) is 2.92. The number of aliphatic carboxylic acids is 1. The average molecular weight is 296 g/mol. The number of carbonyl (C=O) groups excluding carboxylic acids is 1. The SMILES string of the molecule is CC1CCCCC1N(C)C(=O)N1CCCCC1CC(=O)O. The Morgan fingerprint density at radius 3 is 2.48 bits per heavy atom. The fourth-order valence-corrected chi connectivity index (χ4v) is 3.88. The van der Waals surface area contributed by atoms with Gasteiger partial charge in [0.05, 0.1) is 6.42 Å². The maximum atomic E-state index is 12.8. The lowest BCUT2D eigenvalue weighted by Gasteiger charge is -2.42. The van der Waals surface area contributed by atoms with Crippen LogP contribution in [0.1, 0.15) is 58.3 Å². The first-order valence-corrected chi connectivity index (χ1v) is 8.26. The Morgan fingerprint density at radius 1 is 1.14 bits per heavy atom. The van der Waals surface area contributed by atoms with Crippen LogP contribution in [-0.4, -0.2) is 52.6 Å². The highest BCUT2D eigenvalue weighted by molar-refractivity contribution is 5.76. The van der Waals surface area contributed by atoms with Crippen LogP contribution in [0.15, 0.2) is 0 Å². The van der Waals surface area contributed by atoms with Gasteiger partial charge < -0.3 is 14.9 Å². The molecule has 1 N–H and O–H groups in total.